The summed E-state index contributed by atoms with van der Waals surface area (Å²) in [7, 11) is -3.66. The number of hydrogen-bond acceptors (Lipinski definition) is 8. The van der Waals surface area contributed by atoms with Crippen LogP contribution in [0.25, 0.3) is 21.8 Å². The van der Waals surface area contributed by atoms with Gasteiger partial charge in [0.15, 0.2) is 5.82 Å². The summed E-state index contributed by atoms with van der Waals surface area (Å²) in [4.78, 5) is 14.1. The quantitative estimate of drug-likeness (QED) is 0.386. The molecule has 8 nitrogen and oxygen atoms in total. The van der Waals surface area contributed by atoms with E-state index >= 15 is 4.39 Å². The van der Waals surface area contributed by atoms with Crippen molar-refractivity contribution in [3.63, 3.8) is 0 Å². The lowest BCUT2D eigenvalue weighted by Gasteiger charge is -2.13. The summed E-state index contributed by atoms with van der Waals surface area (Å²) < 4.78 is 42.4. The van der Waals surface area contributed by atoms with Crippen molar-refractivity contribution in [3.8, 4) is 21.8 Å². The minimum Gasteiger partial charge on any atom is -0.392 e. The average molecular weight is 508 g/mol. The molecule has 1 atom stereocenters. The number of halogens is 1. The Bertz CT molecular complexity index is 1250. The Morgan fingerprint density at radius 1 is 1.21 bits per heavy atom. The Balaban J connectivity index is 2.12. The number of nitrogens with one attached hydrogen (secondary N) is 2. The zero-order valence-electron chi connectivity index (χ0n) is 19.9. The minimum atomic E-state index is -3.66. The van der Waals surface area contributed by atoms with Crippen LogP contribution in [0.4, 0.5) is 16.0 Å². The van der Waals surface area contributed by atoms with Gasteiger partial charge in [-0.25, -0.2) is 27.8 Å². The number of thiazole rings is 1. The van der Waals surface area contributed by atoms with Gasteiger partial charge >= 0.3 is 0 Å². The Labute approximate surface area is 203 Å². The van der Waals surface area contributed by atoms with Crippen molar-refractivity contribution >= 4 is 33.0 Å². The molecule has 0 aliphatic carbocycles. The van der Waals surface area contributed by atoms with Crippen LogP contribution in [-0.2, 0) is 15.4 Å². The zero-order valence-corrected chi connectivity index (χ0v) is 21.5. The second-order valence-electron chi connectivity index (χ2n) is 9.03. The molecule has 0 saturated heterocycles. The van der Waals surface area contributed by atoms with E-state index in [1.807, 2.05) is 20.8 Å². The van der Waals surface area contributed by atoms with Gasteiger partial charge in [0, 0.05) is 23.7 Å². The number of anilines is 2. The number of rotatable bonds is 9. The van der Waals surface area contributed by atoms with Crippen molar-refractivity contribution in [2.24, 2.45) is 0 Å². The Kier molecular flexibility index (Phi) is 7.89. The standard InChI is InChI=1S/C23H30FN5O3S2/c1-6-12-34(31,32)29-16-9-7-8-15(18(16)24)19-20(33-21(28-19)23(3,4)5)17-10-11-25-22(27-17)26-13-14(2)30/h7-11,14,29-30H,6,12-13H2,1-5H3,(H,25,26,27)/t14-/m1/s1. The summed E-state index contributed by atoms with van der Waals surface area (Å²) in [6, 6.07) is 6.28. The number of sulfonamides is 1. The van der Waals surface area contributed by atoms with Crippen LogP contribution in [0.3, 0.4) is 0 Å². The molecular formula is C23H30FN5O3S2. The van der Waals surface area contributed by atoms with Crippen LogP contribution in [0.2, 0.25) is 0 Å². The van der Waals surface area contributed by atoms with Crippen molar-refractivity contribution < 1.29 is 17.9 Å². The van der Waals surface area contributed by atoms with Crippen molar-refractivity contribution in [1.29, 1.82) is 0 Å². The maximum Gasteiger partial charge on any atom is 0.232 e. The molecule has 1 aromatic carbocycles. The lowest BCUT2D eigenvalue weighted by molar-refractivity contribution is 0.208. The first-order chi connectivity index (χ1) is 15.9. The van der Waals surface area contributed by atoms with Gasteiger partial charge in [-0.3, -0.25) is 4.72 Å². The summed E-state index contributed by atoms with van der Waals surface area (Å²) in [5.74, 6) is -0.469. The molecule has 0 saturated carbocycles. The predicted octanol–water partition coefficient (Wildman–Crippen LogP) is 4.65. The highest BCUT2D eigenvalue weighted by Gasteiger charge is 2.26. The molecule has 3 rings (SSSR count). The monoisotopic (exact) mass is 507 g/mol. The summed E-state index contributed by atoms with van der Waals surface area (Å²) in [5, 5.41) is 13.3. The molecule has 0 spiro atoms. The number of aliphatic hydroxyl groups excluding tert-OH is 1. The highest BCUT2D eigenvalue weighted by Crippen LogP contribution is 2.41. The zero-order chi connectivity index (χ0) is 25.1. The van der Waals surface area contributed by atoms with Crippen LogP contribution in [-0.4, -0.2) is 46.9 Å². The Morgan fingerprint density at radius 2 is 1.94 bits per heavy atom. The van der Waals surface area contributed by atoms with Gasteiger partial charge in [0.1, 0.15) is 0 Å². The summed E-state index contributed by atoms with van der Waals surface area (Å²) >= 11 is 1.40. The minimum absolute atomic E-state index is 0.101. The third-order valence-electron chi connectivity index (χ3n) is 4.70. The van der Waals surface area contributed by atoms with E-state index in [4.69, 9.17) is 4.98 Å². The van der Waals surface area contributed by atoms with Gasteiger partial charge < -0.3 is 10.4 Å². The third-order valence-corrected chi connectivity index (χ3v) is 7.68. The molecule has 3 N–H and O–H groups in total. The molecule has 0 fully saturated rings. The normalized spacial score (nSPS) is 13.0. The van der Waals surface area contributed by atoms with Crippen molar-refractivity contribution in [3.05, 3.63) is 41.3 Å². The molecule has 0 aliphatic rings. The lowest BCUT2D eigenvalue weighted by atomic mass is 9.98. The molecule has 34 heavy (non-hydrogen) atoms. The number of nitrogens with zero attached hydrogens (tertiary/aromatic N) is 3. The highest BCUT2D eigenvalue weighted by molar-refractivity contribution is 7.92. The molecule has 11 heteroatoms. The first-order valence-electron chi connectivity index (χ1n) is 11.0. The van der Waals surface area contributed by atoms with Crippen LogP contribution in [0, 0.1) is 5.82 Å². The summed E-state index contributed by atoms with van der Waals surface area (Å²) in [6.07, 6.45) is 1.42. The molecule has 2 aromatic heterocycles. The smallest absolute Gasteiger partial charge is 0.232 e. The number of aromatic nitrogens is 3. The van der Waals surface area contributed by atoms with Gasteiger partial charge in [-0.2, -0.15) is 0 Å². The molecule has 0 radical (unpaired) electrons. The van der Waals surface area contributed by atoms with Crippen LogP contribution in [0.1, 0.15) is 46.0 Å². The molecule has 0 aliphatic heterocycles. The van der Waals surface area contributed by atoms with Crippen LogP contribution >= 0.6 is 11.3 Å². The fourth-order valence-corrected chi connectivity index (χ4v) is 5.33. The summed E-state index contributed by atoms with van der Waals surface area (Å²) in [5.41, 5.74) is 0.681. The van der Waals surface area contributed by atoms with Crippen LogP contribution in [0.5, 0.6) is 0 Å². The van der Waals surface area contributed by atoms with E-state index in [2.05, 4.69) is 20.0 Å². The Hall–Kier alpha value is -2.63. The van der Waals surface area contributed by atoms with Gasteiger partial charge in [0.25, 0.3) is 0 Å². The van der Waals surface area contributed by atoms with E-state index < -0.39 is 21.9 Å². The van der Waals surface area contributed by atoms with E-state index in [-0.39, 0.29) is 29.0 Å². The number of aliphatic hydroxyl groups is 1. The maximum atomic E-state index is 15.6. The van der Waals surface area contributed by atoms with E-state index in [1.54, 1.807) is 38.2 Å². The van der Waals surface area contributed by atoms with Crippen LogP contribution < -0.4 is 10.0 Å². The van der Waals surface area contributed by atoms with E-state index in [0.717, 1.165) is 5.01 Å². The first-order valence-corrected chi connectivity index (χ1v) is 13.4. The molecule has 0 amide bonds. The topological polar surface area (TPSA) is 117 Å². The molecular weight excluding hydrogens is 477 g/mol. The second kappa shape index (κ2) is 10.3. The molecule has 0 unspecified atom stereocenters. The van der Waals surface area contributed by atoms with Crippen molar-refractivity contribution in [2.75, 3.05) is 22.3 Å². The maximum absolute atomic E-state index is 15.6. The molecule has 3 aromatic rings. The van der Waals surface area contributed by atoms with Gasteiger partial charge in [0.2, 0.25) is 16.0 Å². The SMILES string of the molecule is CCCS(=O)(=O)Nc1cccc(-c2nc(C(C)(C)C)sc2-c2ccnc(NC[C@@H](C)O)n2)c1F. The first kappa shape index (κ1) is 26.0. The van der Waals surface area contributed by atoms with Crippen molar-refractivity contribution in [2.45, 2.75) is 52.6 Å². The fourth-order valence-electron chi connectivity index (χ4n) is 3.09. The summed E-state index contributed by atoms with van der Waals surface area (Å²) in [6.45, 7) is 9.72. The van der Waals surface area contributed by atoms with E-state index in [0.29, 0.717) is 28.6 Å². The molecule has 2 heterocycles. The molecule has 184 valence electrons. The molecule has 0 bridgehead atoms. The van der Waals surface area contributed by atoms with E-state index in [1.165, 1.54) is 17.4 Å². The highest BCUT2D eigenvalue weighted by atomic mass is 32.2. The second-order valence-corrected chi connectivity index (χ2v) is 11.9. The predicted molar refractivity (Wildman–Crippen MR) is 135 cm³/mol. The number of hydrogen-bond donors (Lipinski definition) is 3. The lowest BCUT2D eigenvalue weighted by Crippen LogP contribution is -2.17. The van der Waals surface area contributed by atoms with Gasteiger partial charge in [0.05, 0.1) is 38.8 Å². The largest absolute Gasteiger partial charge is 0.392 e. The van der Waals surface area contributed by atoms with Gasteiger partial charge in [-0.1, -0.05) is 33.8 Å². The number of benzene rings is 1. The van der Waals surface area contributed by atoms with Crippen molar-refractivity contribution in [1.82, 2.24) is 15.0 Å². The third kappa shape index (κ3) is 6.28. The van der Waals surface area contributed by atoms with Gasteiger partial charge in [-0.15, -0.1) is 11.3 Å². The Morgan fingerprint density at radius 3 is 2.59 bits per heavy atom. The fraction of sp³-hybridized carbons (Fsp3) is 0.435. The van der Waals surface area contributed by atoms with Crippen LogP contribution in [0.15, 0.2) is 30.5 Å². The van der Waals surface area contributed by atoms with Gasteiger partial charge in [-0.05, 0) is 31.5 Å². The van der Waals surface area contributed by atoms with E-state index in [9.17, 15) is 13.5 Å². The average Bonchev–Trinajstić information content (AvgIpc) is 3.19.